The number of Topliss-reactive ketones (excluding diaryl/α,β-unsaturated/α-hetero) is 1. The highest BCUT2D eigenvalue weighted by molar-refractivity contribution is 8.00. The van der Waals surface area contributed by atoms with E-state index in [2.05, 4.69) is 22.1 Å². The highest BCUT2D eigenvalue weighted by Gasteiger charge is 2.19. The molecule has 0 unspecified atom stereocenters. The maximum Gasteiger partial charge on any atom is 0.209 e. The molecule has 0 spiro atoms. The van der Waals surface area contributed by atoms with Gasteiger partial charge in [-0.1, -0.05) is 49.0 Å². The van der Waals surface area contributed by atoms with E-state index in [1.807, 2.05) is 48.7 Å². The summed E-state index contributed by atoms with van der Waals surface area (Å²) >= 11 is 2.98. The minimum atomic E-state index is -0.227. The quantitative estimate of drug-likeness (QED) is 0.530. The molecule has 0 bridgehead atoms. The Labute approximate surface area is 143 Å². The molecule has 0 aliphatic heterocycles. The first-order valence-electron chi connectivity index (χ1n) is 7.43. The van der Waals surface area contributed by atoms with Crippen LogP contribution in [-0.2, 0) is 6.42 Å². The first-order chi connectivity index (χ1) is 11.2. The van der Waals surface area contributed by atoms with E-state index in [0.717, 1.165) is 22.7 Å². The molecular formula is C17H17N3OS2. The smallest absolute Gasteiger partial charge is 0.209 e. The van der Waals surface area contributed by atoms with Crippen molar-refractivity contribution in [2.45, 2.75) is 30.7 Å². The predicted octanol–water partition coefficient (Wildman–Crippen LogP) is 4.46. The van der Waals surface area contributed by atoms with Crippen molar-refractivity contribution in [2.75, 3.05) is 0 Å². The Hall–Kier alpha value is -1.92. The van der Waals surface area contributed by atoms with Gasteiger partial charge in [0.2, 0.25) is 5.16 Å². The van der Waals surface area contributed by atoms with Crippen LogP contribution in [0.4, 0.5) is 0 Å². The molecule has 2 heterocycles. The Kier molecular flexibility index (Phi) is 4.93. The van der Waals surface area contributed by atoms with Crippen LogP contribution < -0.4 is 0 Å². The fourth-order valence-electron chi connectivity index (χ4n) is 2.17. The Morgan fingerprint density at radius 2 is 2.09 bits per heavy atom. The second-order valence-corrected chi connectivity index (χ2v) is 7.37. The average Bonchev–Trinajstić information content (AvgIpc) is 3.25. The Balaban J connectivity index is 1.68. The number of carbonyl (C=O) groups excluding carboxylic acids is 1. The fraction of sp³-hybridized carbons (Fsp3) is 0.235. The predicted molar refractivity (Wildman–Crippen MR) is 95.2 cm³/mol. The highest BCUT2D eigenvalue weighted by Crippen LogP contribution is 2.26. The van der Waals surface area contributed by atoms with Crippen molar-refractivity contribution < 1.29 is 4.79 Å². The van der Waals surface area contributed by atoms with Gasteiger partial charge in [-0.2, -0.15) is 0 Å². The molecule has 1 aromatic carbocycles. The summed E-state index contributed by atoms with van der Waals surface area (Å²) in [6.45, 7) is 3.99. The third-order valence-electron chi connectivity index (χ3n) is 3.52. The third kappa shape index (κ3) is 3.71. The lowest BCUT2D eigenvalue weighted by Gasteiger charge is -2.08. The van der Waals surface area contributed by atoms with Crippen LogP contribution >= 0.6 is 23.1 Å². The number of aromatic amines is 1. The SMILES string of the molecule is CCc1ccc(C(=O)[C@@H](C)Sc2n[nH]c(-c3cccs3)n2)cc1. The number of aromatic nitrogens is 3. The summed E-state index contributed by atoms with van der Waals surface area (Å²) in [6.07, 6.45) is 0.974. The number of hydrogen-bond donors (Lipinski definition) is 1. The van der Waals surface area contributed by atoms with Crippen molar-refractivity contribution in [2.24, 2.45) is 0 Å². The van der Waals surface area contributed by atoms with E-state index in [1.54, 1.807) is 11.3 Å². The van der Waals surface area contributed by atoms with Gasteiger partial charge < -0.3 is 0 Å². The number of thiophene rings is 1. The van der Waals surface area contributed by atoms with Gasteiger partial charge in [0.25, 0.3) is 0 Å². The summed E-state index contributed by atoms with van der Waals surface area (Å²) in [5, 5.41) is 9.49. The maximum absolute atomic E-state index is 12.5. The van der Waals surface area contributed by atoms with Crippen molar-refractivity contribution in [3.05, 3.63) is 52.9 Å². The Morgan fingerprint density at radius 3 is 2.74 bits per heavy atom. The molecule has 6 heteroatoms. The monoisotopic (exact) mass is 343 g/mol. The number of thioether (sulfide) groups is 1. The number of nitrogens with zero attached hydrogens (tertiary/aromatic N) is 2. The van der Waals surface area contributed by atoms with E-state index in [1.165, 1.54) is 17.3 Å². The van der Waals surface area contributed by atoms with E-state index >= 15 is 0 Å². The lowest BCUT2D eigenvalue weighted by atomic mass is 10.1. The standard InChI is InChI=1S/C17H17N3OS2/c1-3-12-6-8-13(9-7-12)15(21)11(2)23-17-18-16(19-20-17)14-5-4-10-22-14/h4-11H,3H2,1-2H3,(H,18,19,20)/t11-/m1/s1. The summed E-state index contributed by atoms with van der Waals surface area (Å²) in [6, 6.07) is 11.8. The fourth-order valence-corrected chi connectivity index (χ4v) is 3.64. The van der Waals surface area contributed by atoms with Crippen molar-refractivity contribution in [3.8, 4) is 10.7 Å². The molecule has 4 nitrogen and oxygen atoms in total. The summed E-state index contributed by atoms with van der Waals surface area (Å²) in [5.74, 6) is 0.842. The van der Waals surface area contributed by atoms with Gasteiger partial charge >= 0.3 is 0 Å². The molecule has 118 valence electrons. The van der Waals surface area contributed by atoms with Gasteiger partial charge in [-0.05, 0) is 30.4 Å². The van der Waals surface area contributed by atoms with Gasteiger partial charge in [0.05, 0.1) is 10.1 Å². The summed E-state index contributed by atoms with van der Waals surface area (Å²) < 4.78 is 0. The van der Waals surface area contributed by atoms with Crippen LogP contribution in [0, 0.1) is 0 Å². The van der Waals surface area contributed by atoms with Crippen molar-refractivity contribution >= 4 is 28.9 Å². The van der Waals surface area contributed by atoms with Gasteiger partial charge in [-0.25, -0.2) is 4.98 Å². The van der Waals surface area contributed by atoms with Crippen LogP contribution in [0.25, 0.3) is 10.7 Å². The number of rotatable bonds is 6. The molecule has 1 N–H and O–H groups in total. The van der Waals surface area contributed by atoms with E-state index < -0.39 is 0 Å². The highest BCUT2D eigenvalue weighted by atomic mass is 32.2. The molecule has 0 aliphatic carbocycles. The summed E-state index contributed by atoms with van der Waals surface area (Å²) in [5.41, 5.74) is 1.97. The van der Waals surface area contributed by atoms with Crippen molar-refractivity contribution in [1.29, 1.82) is 0 Å². The lowest BCUT2D eigenvalue weighted by molar-refractivity contribution is 0.0994. The third-order valence-corrected chi connectivity index (χ3v) is 5.36. The normalized spacial score (nSPS) is 12.3. The molecule has 1 atom stereocenters. The maximum atomic E-state index is 12.5. The zero-order chi connectivity index (χ0) is 16.2. The molecule has 0 fully saturated rings. The van der Waals surface area contributed by atoms with Gasteiger partial charge in [0.1, 0.15) is 0 Å². The van der Waals surface area contributed by atoms with Gasteiger partial charge in [0, 0.05) is 5.56 Å². The van der Waals surface area contributed by atoms with Crippen molar-refractivity contribution in [1.82, 2.24) is 15.2 Å². The molecule has 23 heavy (non-hydrogen) atoms. The van der Waals surface area contributed by atoms with Gasteiger partial charge in [-0.15, -0.1) is 16.4 Å². The topological polar surface area (TPSA) is 58.6 Å². The molecule has 0 saturated carbocycles. The average molecular weight is 343 g/mol. The zero-order valence-electron chi connectivity index (χ0n) is 12.9. The zero-order valence-corrected chi connectivity index (χ0v) is 14.6. The van der Waals surface area contributed by atoms with Crippen LogP contribution in [0.15, 0.2) is 46.9 Å². The number of nitrogens with one attached hydrogen (secondary N) is 1. The van der Waals surface area contributed by atoms with Crippen LogP contribution in [0.3, 0.4) is 0 Å². The molecule has 2 aromatic heterocycles. The van der Waals surface area contributed by atoms with E-state index in [0.29, 0.717) is 5.16 Å². The molecule has 3 aromatic rings. The minimum absolute atomic E-state index is 0.0973. The Morgan fingerprint density at radius 1 is 1.30 bits per heavy atom. The summed E-state index contributed by atoms with van der Waals surface area (Å²) in [7, 11) is 0. The van der Waals surface area contributed by atoms with Crippen LogP contribution in [0.2, 0.25) is 0 Å². The molecule has 0 saturated heterocycles. The van der Waals surface area contributed by atoms with Crippen LogP contribution in [0.1, 0.15) is 29.8 Å². The molecule has 0 radical (unpaired) electrons. The van der Waals surface area contributed by atoms with Gasteiger partial charge in [0.15, 0.2) is 11.6 Å². The largest absolute Gasteiger partial charge is 0.293 e. The molecular weight excluding hydrogens is 326 g/mol. The lowest BCUT2D eigenvalue weighted by Crippen LogP contribution is -2.13. The van der Waals surface area contributed by atoms with E-state index in [9.17, 15) is 4.79 Å². The first-order valence-corrected chi connectivity index (χ1v) is 9.19. The number of H-pyrrole nitrogens is 1. The minimum Gasteiger partial charge on any atom is -0.293 e. The Bertz CT molecular complexity index is 779. The summed E-state index contributed by atoms with van der Waals surface area (Å²) in [4.78, 5) is 18.0. The number of hydrogen-bond acceptors (Lipinski definition) is 5. The molecule has 0 amide bonds. The molecule has 3 rings (SSSR count). The van der Waals surface area contributed by atoms with E-state index in [-0.39, 0.29) is 11.0 Å². The number of carbonyl (C=O) groups is 1. The van der Waals surface area contributed by atoms with Crippen LogP contribution in [-0.4, -0.2) is 26.2 Å². The molecule has 0 aliphatic rings. The first kappa shape index (κ1) is 16.0. The number of ketones is 1. The second-order valence-electron chi connectivity index (χ2n) is 5.12. The number of benzene rings is 1. The van der Waals surface area contributed by atoms with Crippen LogP contribution in [0.5, 0.6) is 0 Å². The van der Waals surface area contributed by atoms with Crippen molar-refractivity contribution in [3.63, 3.8) is 0 Å². The number of aryl methyl sites for hydroxylation is 1. The second kappa shape index (κ2) is 7.10. The van der Waals surface area contributed by atoms with Gasteiger partial charge in [-0.3, -0.25) is 9.89 Å². The van der Waals surface area contributed by atoms with E-state index in [4.69, 9.17) is 0 Å².